The van der Waals surface area contributed by atoms with Gasteiger partial charge in [0.1, 0.15) is 5.82 Å². The molecule has 148 valence electrons. The lowest BCUT2D eigenvalue weighted by atomic mass is 10.1. The lowest BCUT2D eigenvalue weighted by molar-refractivity contribution is 0.102. The number of benzene rings is 2. The van der Waals surface area contributed by atoms with Gasteiger partial charge in [-0.1, -0.05) is 24.3 Å². The van der Waals surface area contributed by atoms with Gasteiger partial charge >= 0.3 is 0 Å². The second-order valence-electron chi connectivity index (χ2n) is 6.68. The molecule has 0 aliphatic carbocycles. The van der Waals surface area contributed by atoms with Crippen LogP contribution in [-0.2, 0) is 0 Å². The lowest BCUT2D eigenvalue weighted by Crippen LogP contribution is -2.43. The average molecular weight is 392 g/mol. The second kappa shape index (κ2) is 8.24. The van der Waals surface area contributed by atoms with Crippen LogP contribution < -0.4 is 21.3 Å². The summed E-state index contributed by atoms with van der Waals surface area (Å²) in [5.41, 5.74) is 7.95. The number of hydrogen-bond acceptors (Lipinski definition) is 6. The van der Waals surface area contributed by atoms with Crippen LogP contribution in [-0.4, -0.2) is 42.1 Å². The number of aromatic nitrogens is 2. The van der Waals surface area contributed by atoms with E-state index in [1.807, 2.05) is 24.3 Å². The Morgan fingerprint density at radius 3 is 2.62 bits per heavy atom. The van der Waals surface area contributed by atoms with Crippen molar-refractivity contribution in [3.63, 3.8) is 0 Å². The molecule has 1 aliphatic rings. The molecule has 1 aliphatic heterocycles. The number of rotatable bonds is 4. The maximum Gasteiger partial charge on any atom is 0.278 e. The van der Waals surface area contributed by atoms with Crippen LogP contribution in [0.2, 0.25) is 0 Å². The molecule has 0 unspecified atom stereocenters. The van der Waals surface area contributed by atoms with E-state index in [9.17, 15) is 9.18 Å². The molecule has 2 heterocycles. The Morgan fingerprint density at radius 1 is 1.10 bits per heavy atom. The summed E-state index contributed by atoms with van der Waals surface area (Å²) in [6, 6.07) is 13.8. The molecule has 8 heteroatoms. The molecule has 1 amide bonds. The summed E-state index contributed by atoms with van der Waals surface area (Å²) < 4.78 is 14.1. The molecule has 0 saturated carbocycles. The van der Waals surface area contributed by atoms with E-state index < -0.39 is 11.7 Å². The highest BCUT2D eigenvalue weighted by molar-refractivity contribution is 6.07. The number of para-hydroxylation sites is 2. The van der Waals surface area contributed by atoms with Crippen molar-refractivity contribution in [3.8, 4) is 11.3 Å². The number of nitrogen functional groups attached to an aromatic ring is 1. The van der Waals surface area contributed by atoms with E-state index in [-0.39, 0.29) is 22.8 Å². The molecule has 4 N–H and O–H groups in total. The smallest absolute Gasteiger partial charge is 0.278 e. The number of amides is 1. The van der Waals surface area contributed by atoms with Crippen LogP contribution in [0.15, 0.2) is 54.7 Å². The highest BCUT2D eigenvalue weighted by Crippen LogP contribution is 2.27. The van der Waals surface area contributed by atoms with Crippen molar-refractivity contribution in [2.24, 2.45) is 0 Å². The summed E-state index contributed by atoms with van der Waals surface area (Å²) in [7, 11) is 0. The summed E-state index contributed by atoms with van der Waals surface area (Å²) in [6.07, 6.45) is 1.36. The van der Waals surface area contributed by atoms with Gasteiger partial charge in [-0.2, -0.15) is 0 Å². The van der Waals surface area contributed by atoms with Crippen molar-refractivity contribution in [2.45, 2.75) is 0 Å². The van der Waals surface area contributed by atoms with Gasteiger partial charge in [-0.05, 0) is 24.3 Å². The molecule has 2 aromatic carbocycles. The molecule has 1 saturated heterocycles. The molecule has 0 radical (unpaired) electrons. The Bertz CT molecular complexity index is 1040. The van der Waals surface area contributed by atoms with Crippen LogP contribution >= 0.6 is 0 Å². The fourth-order valence-electron chi connectivity index (χ4n) is 3.31. The minimum atomic E-state index is -0.490. The molecule has 1 aromatic heterocycles. The summed E-state index contributed by atoms with van der Waals surface area (Å²) in [5, 5.41) is 6.19. The van der Waals surface area contributed by atoms with E-state index in [4.69, 9.17) is 5.73 Å². The first-order valence-electron chi connectivity index (χ1n) is 9.37. The SMILES string of the molecule is Nc1ncc(-c2ccccc2F)nc1C(=O)Nc1ccccc1N1CCNCC1. The second-order valence-corrected chi connectivity index (χ2v) is 6.68. The normalized spacial score (nSPS) is 13.9. The summed E-state index contributed by atoms with van der Waals surface area (Å²) >= 11 is 0. The zero-order chi connectivity index (χ0) is 20.2. The van der Waals surface area contributed by atoms with Gasteiger partial charge < -0.3 is 21.3 Å². The largest absolute Gasteiger partial charge is 0.382 e. The Hall–Kier alpha value is -3.52. The minimum absolute atomic E-state index is 0.0118. The molecule has 1 fully saturated rings. The molecule has 0 bridgehead atoms. The number of hydrogen-bond donors (Lipinski definition) is 3. The number of piperazine rings is 1. The van der Waals surface area contributed by atoms with Gasteiger partial charge in [0.2, 0.25) is 0 Å². The number of halogens is 1. The Balaban J connectivity index is 1.63. The molecule has 3 aromatic rings. The molecule has 4 rings (SSSR count). The van der Waals surface area contributed by atoms with Crippen molar-refractivity contribution in [3.05, 3.63) is 66.2 Å². The van der Waals surface area contributed by atoms with E-state index >= 15 is 0 Å². The number of nitrogens with one attached hydrogen (secondary N) is 2. The van der Waals surface area contributed by atoms with Crippen LogP contribution in [0.3, 0.4) is 0 Å². The number of nitrogens with two attached hydrogens (primary N) is 1. The third-order valence-corrected chi connectivity index (χ3v) is 4.78. The van der Waals surface area contributed by atoms with Crippen LogP contribution in [0.25, 0.3) is 11.3 Å². The third kappa shape index (κ3) is 4.02. The molecule has 0 spiro atoms. The maximum absolute atomic E-state index is 14.1. The van der Waals surface area contributed by atoms with E-state index in [1.165, 1.54) is 12.3 Å². The van der Waals surface area contributed by atoms with Crippen molar-refractivity contribution in [2.75, 3.05) is 42.1 Å². The molecular weight excluding hydrogens is 371 g/mol. The minimum Gasteiger partial charge on any atom is -0.382 e. The zero-order valence-corrected chi connectivity index (χ0v) is 15.7. The van der Waals surface area contributed by atoms with Crippen molar-refractivity contribution in [1.82, 2.24) is 15.3 Å². The number of nitrogens with zero attached hydrogens (tertiary/aromatic N) is 3. The van der Waals surface area contributed by atoms with Crippen LogP contribution in [0, 0.1) is 5.82 Å². The number of anilines is 3. The zero-order valence-electron chi connectivity index (χ0n) is 15.7. The van der Waals surface area contributed by atoms with Crippen molar-refractivity contribution < 1.29 is 9.18 Å². The predicted octanol–water partition coefficient (Wildman–Crippen LogP) is 2.53. The molecule has 7 nitrogen and oxygen atoms in total. The van der Waals surface area contributed by atoms with E-state index in [2.05, 4.69) is 25.5 Å². The van der Waals surface area contributed by atoms with Crippen LogP contribution in [0.5, 0.6) is 0 Å². The average Bonchev–Trinajstić information content (AvgIpc) is 2.75. The molecular formula is C21H21FN6O. The Kier molecular flexibility index (Phi) is 5.35. The first kappa shape index (κ1) is 18.8. The van der Waals surface area contributed by atoms with Gasteiger partial charge in [-0.25, -0.2) is 14.4 Å². The standard InChI is InChI=1S/C21H21FN6O/c22-15-6-2-1-5-14(15)17-13-25-20(23)19(26-17)21(29)27-16-7-3-4-8-18(16)28-11-9-24-10-12-28/h1-8,13,24H,9-12H2,(H2,23,25)(H,27,29). The predicted molar refractivity (Wildman–Crippen MR) is 111 cm³/mol. The molecule has 29 heavy (non-hydrogen) atoms. The van der Waals surface area contributed by atoms with Gasteiger partial charge in [0.15, 0.2) is 11.5 Å². The highest BCUT2D eigenvalue weighted by atomic mass is 19.1. The van der Waals surface area contributed by atoms with E-state index in [0.29, 0.717) is 5.69 Å². The number of carbonyl (C=O) groups excluding carboxylic acids is 1. The van der Waals surface area contributed by atoms with Gasteiger partial charge in [0.25, 0.3) is 5.91 Å². The van der Waals surface area contributed by atoms with Crippen LogP contribution in [0.4, 0.5) is 21.6 Å². The Labute approximate surface area is 167 Å². The third-order valence-electron chi connectivity index (χ3n) is 4.78. The van der Waals surface area contributed by atoms with E-state index in [0.717, 1.165) is 31.9 Å². The summed E-state index contributed by atoms with van der Waals surface area (Å²) in [6.45, 7) is 3.45. The lowest BCUT2D eigenvalue weighted by Gasteiger charge is -2.31. The van der Waals surface area contributed by atoms with Gasteiger partial charge in [0, 0.05) is 31.7 Å². The summed E-state index contributed by atoms with van der Waals surface area (Å²) in [5.74, 6) is -0.944. The quantitative estimate of drug-likeness (QED) is 0.631. The van der Waals surface area contributed by atoms with Crippen molar-refractivity contribution in [1.29, 1.82) is 0 Å². The number of carbonyl (C=O) groups is 1. The van der Waals surface area contributed by atoms with Crippen molar-refractivity contribution >= 4 is 23.1 Å². The topological polar surface area (TPSA) is 96.2 Å². The first-order valence-corrected chi connectivity index (χ1v) is 9.37. The first-order chi connectivity index (χ1) is 14.1. The fourth-order valence-corrected chi connectivity index (χ4v) is 3.31. The summed E-state index contributed by atoms with van der Waals surface area (Å²) in [4.78, 5) is 23.4. The van der Waals surface area contributed by atoms with Gasteiger partial charge in [-0.15, -0.1) is 0 Å². The van der Waals surface area contributed by atoms with Gasteiger partial charge in [-0.3, -0.25) is 4.79 Å². The van der Waals surface area contributed by atoms with Crippen LogP contribution in [0.1, 0.15) is 10.5 Å². The van der Waals surface area contributed by atoms with Gasteiger partial charge in [0.05, 0.1) is 23.3 Å². The fraction of sp³-hybridized carbons (Fsp3) is 0.190. The van der Waals surface area contributed by atoms with E-state index in [1.54, 1.807) is 18.2 Å². The Morgan fingerprint density at radius 2 is 1.83 bits per heavy atom. The maximum atomic E-state index is 14.1. The molecule has 0 atom stereocenters. The monoisotopic (exact) mass is 392 g/mol. The highest BCUT2D eigenvalue weighted by Gasteiger charge is 2.19.